The maximum Gasteiger partial charge on any atom is 0.126 e. The van der Waals surface area contributed by atoms with Crippen LogP contribution < -0.4 is 11.1 Å². The molecule has 0 bridgehead atoms. The Morgan fingerprint density at radius 2 is 2.06 bits per heavy atom. The molecule has 2 rings (SSSR count). The predicted molar refractivity (Wildman–Crippen MR) is 73.4 cm³/mol. The SMILES string of the molecule is NCC1(Nc2cc(F)cc(Cl)c2)CCSCC1. The fraction of sp³-hybridized carbons (Fsp3) is 0.500. The summed E-state index contributed by atoms with van der Waals surface area (Å²) in [5.41, 5.74) is 6.47. The Kier molecular flexibility index (Phi) is 4.17. The van der Waals surface area contributed by atoms with Gasteiger partial charge < -0.3 is 11.1 Å². The number of halogens is 2. The van der Waals surface area contributed by atoms with E-state index in [1.165, 1.54) is 12.1 Å². The zero-order chi connectivity index (χ0) is 12.3. The van der Waals surface area contributed by atoms with Crippen molar-refractivity contribution in [2.24, 2.45) is 5.73 Å². The lowest BCUT2D eigenvalue weighted by atomic mass is 9.92. The average molecular weight is 275 g/mol. The maximum absolute atomic E-state index is 13.3. The van der Waals surface area contributed by atoms with Gasteiger partial charge in [-0.2, -0.15) is 11.8 Å². The van der Waals surface area contributed by atoms with Gasteiger partial charge in [0.2, 0.25) is 0 Å². The Morgan fingerprint density at radius 1 is 1.35 bits per heavy atom. The largest absolute Gasteiger partial charge is 0.378 e. The zero-order valence-electron chi connectivity index (χ0n) is 9.51. The van der Waals surface area contributed by atoms with Gasteiger partial charge in [-0.05, 0) is 42.5 Å². The molecule has 5 heteroatoms. The molecule has 0 aromatic heterocycles. The van der Waals surface area contributed by atoms with Gasteiger partial charge in [-0.15, -0.1) is 0 Å². The predicted octanol–water partition coefficient (Wildman–Crippen LogP) is 3.12. The number of nitrogens with one attached hydrogen (secondary N) is 1. The second kappa shape index (κ2) is 5.46. The van der Waals surface area contributed by atoms with Crippen molar-refractivity contribution in [2.45, 2.75) is 18.4 Å². The van der Waals surface area contributed by atoms with Crippen molar-refractivity contribution in [2.75, 3.05) is 23.4 Å². The summed E-state index contributed by atoms with van der Waals surface area (Å²) in [4.78, 5) is 0. The molecule has 1 aliphatic rings. The van der Waals surface area contributed by atoms with Crippen LogP contribution in [-0.4, -0.2) is 23.6 Å². The van der Waals surface area contributed by atoms with E-state index in [0.29, 0.717) is 17.3 Å². The summed E-state index contributed by atoms with van der Waals surface area (Å²) < 4.78 is 13.3. The molecule has 17 heavy (non-hydrogen) atoms. The van der Waals surface area contributed by atoms with Gasteiger partial charge in [0.25, 0.3) is 0 Å². The first-order valence-corrected chi connectivity index (χ1v) is 7.19. The van der Waals surface area contributed by atoms with Crippen LogP contribution >= 0.6 is 23.4 Å². The Balaban J connectivity index is 2.17. The first kappa shape index (κ1) is 13.0. The van der Waals surface area contributed by atoms with E-state index in [1.807, 2.05) is 11.8 Å². The van der Waals surface area contributed by atoms with E-state index in [2.05, 4.69) is 5.32 Å². The van der Waals surface area contributed by atoms with E-state index < -0.39 is 0 Å². The Bertz CT molecular complexity index is 374. The van der Waals surface area contributed by atoms with Crippen molar-refractivity contribution in [1.82, 2.24) is 0 Å². The summed E-state index contributed by atoms with van der Waals surface area (Å²) in [5.74, 6) is 1.86. The lowest BCUT2D eigenvalue weighted by molar-refractivity contribution is 0.443. The fourth-order valence-electron chi connectivity index (χ4n) is 2.07. The molecule has 0 atom stereocenters. The van der Waals surface area contributed by atoms with Crippen LogP contribution in [0.15, 0.2) is 18.2 Å². The van der Waals surface area contributed by atoms with Gasteiger partial charge in [0.1, 0.15) is 5.82 Å². The number of hydrogen-bond acceptors (Lipinski definition) is 3. The molecule has 94 valence electrons. The average Bonchev–Trinajstić information content (AvgIpc) is 2.29. The third-order valence-electron chi connectivity index (χ3n) is 3.11. The minimum Gasteiger partial charge on any atom is -0.378 e. The first-order chi connectivity index (χ1) is 8.13. The van der Waals surface area contributed by atoms with E-state index in [-0.39, 0.29) is 11.4 Å². The van der Waals surface area contributed by atoms with Crippen LogP contribution in [0.1, 0.15) is 12.8 Å². The number of anilines is 1. The van der Waals surface area contributed by atoms with Gasteiger partial charge in [-0.25, -0.2) is 4.39 Å². The minimum absolute atomic E-state index is 0.109. The van der Waals surface area contributed by atoms with E-state index in [4.69, 9.17) is 17.3 Å². The molecule has 0 spiro atoms. The highest BCUT2D eigenvalue weighted by Gasteiger charge is 2.30. The van der Waals surface area contributed by atoms with Gasteiger partial charge in [-0.3, -0.25) is 0 Å². The molecule has 1 saturated heterocycles. The van der Waals surface area contributed by atoms with Crippen LogP contribution in [0, 0.1) is 5.82 Å². The van der Waals surface area contributed by atoms with Crippen LogP contribution in [0.5, 0.6) is 0 Å². The summed E-state index contributed by atoms with van der Waals surface area (Å²) in [7, 11) is 0. The molecule has 0 amide bonds. The standard InChI is InChI=1S/C12H16ClFN2S/c13-9-5-10(14)7-11(6-9)16-12(8-15)1-3-17-4-2-12/h5-7,16H,1-4,8,15H2. The minimum atomic E-state index is -0.322. The number of benzene rings is 1. The van der Waals surface area contributed by atoms with Crippen molar-refractivity contribution < 1.29 is 4.39 Å². The third kappa shape index (κ3) is 3.27. The Morgan fingerprint density at radius 3 is 2.65 bits per heavy atom. The lowest BCUT2D eigenvalue weighted by Gasteiger charge is -2.37. The van der Waals surface area contributed by atoms with Crippen molar-refractivity contribution in [3.63, 3.8) is 0 Å². The fourth-order valence-corrected chi connectivity index (χ4v) is 3.57. The van der Waals surface area contributed by atoms with Crippen molar-refractivity contribution >= 4 is 29.1 Å². The number of thioether (sulfide) groups is 1. The van der Waals surface area contributed by atoms with Gasteiger partial charge in [0, 0.05) is 17.3 Å². The molecule has 0 saturated carbocycles. The lowest BCUT2D eigenvalue weighted by Crippen LogP contribution is -2.48. The molecule has 3 N–H and O–H groups in total. The highest BCUT2D eigenvalue weighted by atomic mass is 35.5. The summed E-state index contributed by atoms with van der Waals surface area (Å²) in [6.07, 6.45) is 2.00. The Labute approximate surface area is 110 Å². The van der Waals surface area contributed by atoms with Crippen LogP contribution in [0.3, 0.4) is 0 Å². The molecule has 0 aliphatic carbocycles. The van der Waals surface area contributed by atoms with Crippen molar-refractivity contribution in [3.05, 3.63) is 29.0 Å². The highest BCUT2D eigenvalue weighted by molar-refractivity contribution is 7.99. The summed E-state index contributed by atoms with van der Waals surface area (Å²) >= 11 is 7.77. The van der Waals surface area contributed by atoms with Gasteiger partial charge >= 0.3 is 0 Å². The van der Waals surface area contributed by atoms with Crippen LogP contribution in [0.4, 0.5) is 10.1 Å². The monoisotopic (exact) mass is 274 g/mol. The molecular weight excluding hydrogens is 259 g/mol. The third-order valence-corrected chi connectivity index (χ3v) is 4.32. The molecule has 0 radical (unpaired) electrons. The van der Waals surface area contributed by atoms with E-state index in [0.717, 1.165) is 24.3 Å². The van der Waals surface area contributed by atoms with Gasteiger partial charge in [-0.1, -0.05) is 11.6 Å². The number of rotatable bonds is 3. The summed E-state index contributed by atoms with van der Waals surface area (Å²) in [6.45, 7) is 0.557. The molecule has 1 aliphatic heterocycles. The second-order valence-corrected chi connectivity index (χ2v) is 6.04. The molecule has 1 heterocycles. The quantitative estimate of drug-likeness (QED) is 0.889. The van der Waals surface area contributed by atoms with E-state index in [1.54, 1.807) is 6.07 Å². The Hall–Kier alpha value is -0.450. The van der Waals surface area contributed by atoms with E-state index in [9.17, 15) is 4.39 Å². The van der Waals surface area contributed by atoms with E-state index >= 15 is 0 Å². The van der Waals surface area contributed by atoms with Gasteiger partial charge in [0.05, 0.1) is 5.54 Å². The van der Waals surface area contributed by atoms with Crippen molar-refractivity contribution in [1.29, 1.82) is 0 Å². The summed E-state index contributed by atoms with van der Waals surface area (Å²) in [5, 5.41) is 3.77. The van der Waals surface area contributed by atoms with Crippen LogP contribution in [-0.2, 0) is 0 Å². The molecular formula is C12H16ClFN2S. The number of hydrogen-bond donors (Lipinski definition) is 2. The summed E-state index contributed by atoms with van der Waals surface area (Å²) in [6, 6.07) is 4.51. The highest BCUT2D eigenvalue weighted by Crippen LogP contribution is 2.31. The molecule has 1 aromatic rings. The maximum atomic E-state index is 13.3. The first-order valence-electron chi connectivity index (χ1n) is 5.66. The van der Waals surface area contributed by atoms with Gasteiger partial charge in [0.15, 0.2) is 0 Å². The molecule has 0 unspecified atom stereocenters. The molecule has 1 aromatic carbocycles. The molecule has 1 fully saturated rings. The number of nitrogens with two attached hydrogens (primary N) is 1. The van der Waals surface area contributed by atoms with Crippen molar-refractivity contribution in [3.8, 4) is 0 Å². The zero-order valence-corrected chi connectivity index (χ0v) is 11.1. The topological polar surface area (TPSA) is 38.0 Å². The second-order valence-electron chi connectivity index (χ2n) is 4.38. The molecule has 2 nitrogen and oxygen atoms in total. The normalized spacial score (nSPS) is 19.0. The van der Waals surface area contributed by atoms with Crippen LogP contribution in [0.2, 0.25) is 5.02 Å². The van der Waals surface area contributed by atoms with Crippen LogP contribution in [0.25, 0.3) is 0 Å². The smallest absolute Gasteiger partial charge is 0.126 e.